The van der Waals surface area contributed by atoms with Gasteiger partial charge in [0.2, 0.25) is 0 Å². The van der Waals surface area contributed by atoms with E-state index in [0.29, 0.717) is 0 Å². The van der Waals surface area contributed by atoms with Gasteiger partial charge in [0.1, 0.15) is 0 Å². The molecule has 0 amide bonds. The third-order valence-corrected chi connectivity index (χ3v) is 8.97. The van der Waals surface area contributed by atoms with E-state index in [2.05, 4.69) is 33.4 Å². The third kappa shape index (κ3) is 4.20. The Kier molecular flexibility index (Phi) is 6.83. The van der Waals surface area contributed by atoms with Gasteiger partial charge in [-0.15, -0.1) is 0 Å². The summed E-state index contributed by atoms with van der Waals surface area (Å²) in [6, 6.07) is 20.4. The smallest absolute Gasteiger partial charge is 0.172 e. The molecule has 1 saturated carbocycles. The van der Waals surface area contributed by atoms with E-state index in [1.165, 1.54) is 0 Å². The van der Waals surface area contributed by atoms with Gasteiger partial charge in [-0.05, 0) is 36.1 Å². The summed E-state index contributed by atoms with van der Waals surface area (Å²) in [4.78, 5) is 11.7. The van der Waals surface area contributed by atoms with Crippen LogP contribution in [0.5, 0.6) is 0 Å². The van der Waals surface area contributed by atoms with Crippen LogP contribution in [0.25, 0.3) is 0 Å². The first-order valence-corrected chi connectivity index (χ1v) is 13.0. The van der Waals surface area contributed by atoms with Crippen LogP contribution >= 0.6 is 23.5 Å². The van der Waals surface area contributed by atoms with Crippen molar-refractivity contribution in [3.63, 3.8) is 0 Å². The molecular weight excluding hydrogens is 464 g/mol. The molecule has 0 bridgehead atoms. The quantitative estimate of drug-likeness (QED) is 0.376. The normalized spacial score (nSPS) is 22.0. The maximum atomic E-state index is 10.2. The number of hydrogen-bond donors (Lipinski definition) is 2. The van der Waals surface area contributed by atoms with Crippen LogP contribution in [0.15, 0.2) is 93.2 Å². The summed E-state index contributed by atoms with van der Waals surface area (Å²) < 4.78 is 4.25. The van der Waals surface area contributed by atoms with Crippen molar-refractivity contribution < 1.29 is 10.2 Å². The van der Waals surface area contributed by atoms with Gasteiger partial charge >= 0.3 is 0 Å². The Morgan fingerprint density at radius 3 is 1.41 bits per heavy atom. The lowest BCUT2D eigenvalue weighted by Gasteiger charge is -2.51. The highest BCUT2D eigenvalue weighted by atomic mass is 32.2. The number of benzene rings is 2. The van der Waals surface area contributed by atoms with E-state index >= 15 is 0 Å². The van der Waals surface area contributed by atoms with Gasteiger partial charge in [-0.25, -0.2) is 9.97 Å². The average molecular weight is 493 g/mol. The maximum Gasteiger partial charge on any atom is 0.172 e. The summed E-state index contributed by atoms with van der Waals surface area (Å²) in [5, 5.41) is 22.3. The Hall–Kier alpha value is -2.52. The second-order valence-corrected chi connectivity index (χ2v) is 10.7. The summed E-state index contributed by atoms with van der Waals surface area (Å²) >= 11 is 3.25. The lowest BCUT2D eigenvalue weighted by Crippen LogP contribution is -2.48. The fourth-order valence-corrected chi connectivity index (χ4v) is 6.73. The van der Waals surface area contributed by atoms with Crippen LogP contribution in [0.1, 0.15) is 23.2 Å². The van der Waals surface area contributed by atoms with Gasteiger partial charge < -0.3 is 19.3 Å². The number of imidazole rings is 2. The molecule has 0 unspecified atom stereocenters. The molecule has 0 spiro atoms. The molecule has 8 heteroatoms. The van der Waals surface area contributed by atoms with Crippen LogP contribution in [0, 0.1) is 11.8 Å². The minimum Gasteiger partial charge on any atom is -0.396 e. The maximum absolute atomic E-state index is 10.2. The van der Waals surface area contributed by atoms with Crippen LogP contribution in [0.3, 0.4) is 0 Å². The molecule has 1 aliphatic rings. The number of aliphatic hydroxyl groups is 2. The van der Waals surface area contributed by atoms with E-state index in [1.54, 1.807) is 23.5 Å². The molecule has 1 aliphatic carbocycles. The molecule has 4 aromatic rings. The summed E-state index contributed by atoms with van der Waals surface area (Å²) in [5.74, 6) is 0.0460. The highest BCUT2D eigenvalue weighted by molar-refractivity contribution is 7.99. The van der Waals surface area contributed by atoms with Crippen LogP contribution in [0.2, 0.25) is 0 Å². The number of nitrogens with zero attached hydrogens (tertiary/aromatic N) is 4. The van der Waals surface area contributed by atoms with Crippen molar-refractivity contribution in [3.8, 4) is 0 Å². The Labute approximate surface area is 208 Å². The van der Waals surface area contributed by atoms with E-state index in [-0.39, 0.29) is 36.9 Å². The molecule has 0 aliphatic heterocycles. The van der Waals surface area contributed by atoms with Crippen molar-refractivity contribution in [2.45, 2.75) is 31.9 Å². The lowest BCUT2D eigenvalue weighted by atomic mass is 9.55. The fraction of sp³-hybridized carbons (Fsp3) is 0.308. The van der Waals surface area contributed by atoms with Gasteiger partial charge in [0.15, 0.2) is 10.3 Å². The zero-order valence-electron chi connectivity index (χ0n) is 19.2. The summed E-state index contributed by atoms with van der Waals surface area (Å²) in [6.45, 7) is 0.0599. The van der Waals surface area contributed by atoms with Crippen molar-refractivity contribution in [2.24, 2.45) is 25.9 Å². The molecule has 0 radical (unpaired) electrons. The largest absolute Gasteiger partial charge is 0.396 e. The van der Waals surface area contributed by atoms with E-state index in [1.807, 2.05) is 62.9 Å². The minimum atomic E-state index is -0.0277. The number of aromatic nitrogens is 4. The van der Waals surface area contributed by atoms with Gasteiger partial charge in [-0.2, -0.15) is 0 Å². The van der Waals surface area contributed by atoms with E-state index in [9.17, 15) is 10.2 Å². The summed E-state index contributed by atoms with van der Waals surface area (Å²) in [7, 11) is 4.07. The SMILES string of the molecule is Cn1c([C@@H]2[C@@H](CO)[C@@H](CO)[C@@H]2c2cnc(Sc3ccccc3)n2C)cnc1Sc1ccccc1. The molecule has 1 fully saturated rings. The molecule has 6 nitrogen and oxygen atoms in total. The van der Waals surface area contributed by atoms with E-state index in [4.69, 9.17) is 9.97 Å². The Balaban J connectivity index is 1.46. The highest BCUT2D eigenvalue weighted by Crippen LogP contribution is 2.57. The molecule has 4 atom stereocenters. The third-order valence-electron chi connectivity index (χ3n) is 6.83. The van der Waals surface area contributed by atoms with Crippen molar-refractivity contribution >= 4 is 23.5 Å². The van der Waals surface area contributed by atoms with Crippen LogP contribution in [-0.4, -0.2) is 42.5 Å². The van der Waals surface area contributed by atoms with Gasteiger partial charge in [-0.1, -0.05) is 59.9 Å². The first kappa shape index (κ1) is 23.2. The standard InChI is InChI=1S/C26H28N4O2S2/c1-29-21(13-27-25(29)33-17-9-5-3-6-10-17)23-19(15-31)20(16-32)24(23)22-14-28-26(30(22)2)34-18-11-7-4-8-12-18/h3-14,19-20,23-24,31-32H,15-16H2,1-2H3/t19-,20+,23-,24+. The molecule has 2 heterocycles. The topological polar surface area (TPSA) is 76.1 Å². The Bertz CT molecular complexity index is 1140. The summed E-state index contributed by atoms with van der Waals surface area (Å²) in [5.41, 5.74) is 2.15. The first-order chi connectivity index (χ1) is 16.6. The second-order valence-electron chi connectivity index (χ2n) is 8.62. The molecule has 5 rings (SSSR count). The molecule has 2 aromatic carbocycles. The van der Waals surface area contributed by atoms with Crippen molar-refractivity contribution in [3.05, 3.63) is 84.4 Å². The molecule has 2 aromatic heterocycles. The second kappa shape index (κ2) is 10.00. The van der Waals surface area contributed by atoms with Gasteiger partial charge in [0.05, 0.1) is 0 Å². The molecule has 2 N–H and O–H groups in total. The Morgan fingerprint density at radius 2 is 1.06 bits per heavy atom. The monoisotopic (exact) mass is 492 g/mol. The van der Waals surface area contributed by atoms with Gasteiger partial charge in [-0.3, -0.25) is 0 Å². The zero-order valence-corrected chi connectivity index (χ0v) is 20.8. The molecule has 34 heavy (non-hydrogen) atoms. The van der Waals surface area contributed by atoms with Crippen LogP contribution in [-0.2, 0) is 14.1 Å². The van der Waals surface area contributed by atoms with Crippen molar-refractivity contribution in [1.29, 1.82) is 0 Å². The predicted octanol–water partition coefficient (Wildman–Crippen LogP) is 4.55. The first-order valence-electron chi connectivity index (χ1n) is 11.3. The molecule has 176 valence electrons. The fourth-order valence-electron chi connectivity index (χ4n) is 5.03. The molecular formula is C26H28N4O2S2. The zero-order chi connectivity index (χ0) is 23.7. The summed E-state index contributed by atoms with van der Waals surface area (Å²) in [6.07, 6.45) is 3.85. The van der Waals surface area contributed by atoms with Crippen LogP contribution < -0.4 is 0 Å². The number of rotatable bonds is 8. The predicted molar refractivity (Wildman–Crippen MR) is 134 cm³/mol. The highest BCUT2D eigenvalue weighted by Gasteiger charge is 2.53. The van der Waals surface area contributed by atoms with Gasteiger partial charge in [0, 0.05) is 72.7 Å². The average Bonchev–Trinajstić information content (AvgIpc) is 3.38. The minimum absolute atomic E-state index is 0.0277. The van der Waals surface area contributed by atoms with Gasteiger partial charge in [0.25, 0.3) is 0 Å². The lowest BCUT2D eigenvalue weighted by molar-refractivity contribution is -0.00860. The number of aliphatic hydroxyl groups excluding tert-OH is 2. The van der Waals surface area contributed by atoms with Crippen LogP contribution in [0.4, 0.5) is 0 Å². The van der Waals surface area contributed by atoms with E-state index < -0.39 is 0 Å². The Morgan fingerprint density at radius 1 is 0.676 bits per heavy atom. The van der Waals surface area contributed by atoms with Crippen molar-refractivity contribution in [2.75, 3.05) is 13.2 Å². The number of hydrogen-bond acceptors (Lipinski definition) is 6. The van der Waals surface area contributed by atoms with E-state index in [0.717, 1.165) is 31.5 Å². The van der Waals surface area contributed by atoms with Crippen molar-refractivity contribution in [1.82, 2.24) is 19.1 Å². The molecule has 0 saturated heterocycles.